The molecule has 3 aliphatic rings. The average molecular weight is 413 g/mol. The molecule has 3 heterocycles. The summed E-state index contributed by atoms with van der Waals surface area (Å²) in [6.07, 6.45) is 9.00. The monoisotopic (exact) mass is 413 g/mol. The summed E-state index contributed by atoms with van der Waals surface area (Å²) in [4.78, 5) is 28.5. The highest BCUT2D eigenvalue weighted by atomic mass is 16.2. The third-order valence-electron chi connectivity index (χ3n) is 6.42. The van der Waals surface area contributed by atoms with E-state index in [4.69, 9.17) is 4.98 Å². The van der Waals surface area contributed by atoms with Gasteiger partial charge in [0.1, 0.15) is 5.82 Å². The summed E-state index contributed by atoms with van der Waals surface area (Å²) in [5, 5.41) is 10.4. The van der Waals surface area contributed by atoms with Gasteiger partial charge in [0.2, 0.25) is 5.91 Å². The number of nitrogens with zero attached hydrogens (tertiary/aromatic N) is 3. The van der Waals surface area contributed by atoms with Crippen molar-refractivity contribution < 1.29 is 9.59 Å². The van der Waals surface area contributed by atoms with Crippen LogP contribution in [0.15, 0.2) is 42.1 Å². The highest BCUT2D eigenvalue weighted by molar-refractivity contribution is 6.15. The molecule has 1 aliphatic heterocycles. The molecule has 2 N–H and O–H groups in total. The second-order valence-corrected chi connectivity index (χ2v) is 8.75. The van der Waals surface area contributed by atoms with Crippen LogP contribution in [0.2, 0.25) is 0 Å². The number of hydrogen-bond donors (Lipinski definition) is 2. The van der Waals surface area contributed by atoms with Crippen molar-refractivity contribution in [2.75, 3.05) is 5.32 Å². The molecule has 1 saturated carbocycles. The van der Waals surface area contributed by atoms with Crippen LogP contribution in [-0.2, 0) is 22.4 Å². The first-order valence-corrected chi connectivity index (χ1v) is 10.9. The predicted octanol–water partition coefficient (Wildman–Crippen LogP) is 3.01. The lowest BCUT2D eigenvalue weighted by Crippen LogP contribution is -2.19. The van der Waals surface area contributed by atoms with Crippen molar-refractivity contribution in [3.8, 4) is 0 Å². The van der Waals surface area contributed by atoms with Gasteiger partial charge in [0.15, 0.2) is 5.65 Å². The van der Waals surface area contributed by atoms with Gasteiger partial charge in [-0.2, -0.15) is 9.61 Å². The molecule has 6 rings (SSSR count). The van der Waals surface area contributed by atoms with E-state index in [1.807, 2.05) is 4.52 Å². The van der Waals surface area contributed by atoms with Crippen LogP contribution >= 0.6 is 0 Å². The number of rotatable bonds is 5. The maximum absolute atomic E-state index is 12.0. The van der Waals surface area contributed by atoms with Gasteiger partial charge in [-0.3, -0.25) is 14.9 Å². The van der Waals surface area contributed by atoms with Crippen molar-refractivity contribution >= 4 is 29.4 Å². The second-order valence-electron chi connectivity index (χ2n) is 8.75. The molecule has 1 unspecified atom stereocenters. The third-order valence-corrected chi connectivity index (χ3v) is 6.42. The Morgan fingerprint density at radius 3 is 2.87 bits per heavy atom. The highest BCUT2D eigenvalue weighted by Crippen LogP contribution is 2.36. The molecule has 1 aromatic carbocycles. The van der Waals surface area contributed by atoms with Crippen LogP contribution in [0.25, 0.3) is 11.7 Å². The van der Waals surface area contributed by atoms with E-state index >= 15 is 0 Å². The first-order chi connectivity index (χ1) is 15.1. The lowest BCUT2D eigenvalue weighted by atomic mass is 9.96. The molecule has 156 valence electrons. The maximum Gasteiger partial charge on any atom is 0.254 e. The number of nitrogens with one attached hydrogen (secondary N) is 2. The van der Waals surface area contributed by atoms with E-state index in [1.165, 1.54) is 11.1 Å². The minimum Gasteiger partial charge on any atom is -0.367 e. The van der Waals surface area contributed by atoms with E-state index in [-0.39, 0.29) is 18.2 Å². The standard InChI is InChI=1S/C24H23N5O2/c30-22-11-16(24(31)28-22)9-17-13-25-29-21(26-18-7-8-18)12-19(27-23(17)29)10-15-6-5-14-3-1-2-4-20(14)15/h1-4,9,12-13,15,18,26H,5-8,10-11H2,(H,28,30,31)/b16-9+. The Morgan fingerprint density at radius 1 is 1.19 bits per heavy atom. The molecule has 2 aromatic heterocycles. The SMILES string of the molecule is O=C1C/C(=C\c2cnn3c(NC4CC4)cc(CC4CCc5ccccc54)nc23)C(=O)N1. The molecule has 2 fully saturated rings. The second kappa shape index (κ2) is 7.04. The number of benzene rings is 1. The van der Waals surface area contributed by atoms with Gasteiger partial charge in [0, 0.05) is 28.9 Å². The predicted molar refractivity (Wildman–Crippen MR) is 117 cm³/mol. The number of carbonyl (C=O) groups excluding carboxylic acids is 2. The largest absolute Gasteiger partial charge is 0.367 e. The number of anilines is 1. The first-order valence-electron chi connectivity index (χ1n) is 10.9. The fourth-order valence-electron chi connectivity index (χ4n) is 4.69. The summed E-state index contributed by atoms with van der Waals surface area (Å²) in [5.74, 6) is 0.796. The minimum atomic E-state index is -0.334. The smallest absolute Gasteiger partial charge is 0.254 e. The van der Waals surface area contributed by atoms with E-state index in [0.29, 0.717) is 23.2 Å². The Morgan fingerprint density at radius 2 is 2.06 bits per heavy atom. The van der Waals surface area contributed by atoms with Gasteiger partial charge < -0.3 is 5.32 Å². The zero-order valence-electron chi connectivity index (χ0n) is 17.1. The van der Waals surface area contributed by atoms with Crippen LogP contribution in [-0.4, -0.2) is 32.5 Å². The molecule has 1 atom stereocenters. The molecular weight excluding hydrogens is 390 g/mol. The van der Waals surface area contributed by atoms with Gasteiger partial charge in [-0.15, -0.1) is 0 Å². The number of fused-ring (bicyclic) bond motifs is 2. The van der Waals surface area contributed by atoms with Crippen LogP contribution in [0.1, 0.15) is 54.0 Å². The van der Waals surface area contributed by atoms with Crippen molar-refractivity contribution in [2.45, 2.75) is 50.5 Å². The fourth-order valence-corrected chi connectivity index (χ4v) is 4.69. The zero-order valence-corrected chi connectivity index (χ0v) is 17.1. The molecule has 3 aromatic rings. The molecule has 0 spiro atoms. The number of carbonyl (C=O) groups is 2. The Balaban J connectivity index is 1.40. The Kier molecular flexibility index (Phi) is 4.16. The van der Waals surface area contributed by atoms with Gasteiger partial charge >= 0.3 is 0 Å². The molecule has 7 heteroatoms. The van der Waals surface area contributed by atoms with E-state index in [2.05, 4.69) is 46.1 Å². The third kappa shape index (κ3) is 3.40. The number of amides is 2. The van der Waals surface area contributed by atoms with E-state index < -0.39 is 0 Å². The van der Waals surface area contributed by atoms with Crippen LogP contribution in [0.5, 0.6) is 0 Å². The first kappa shape index (κ1) is 18.3. The minimum absolute atomic E-state index is 0.0991. The van der Waals surface area contributed by atoms with Crippen molar-refractivity contribution in [1.82, 2.24) is 19.9 Å². The summed E-state index contributed by atoms with van der Waals surface area (Å²) in [5.41, 5.74) is 5.81. The normalized spacial score (nSPS) is 21.7. The van der Waals surface area contributed by atoms with Gasteiger partial charge in [0.05, 0.1) is 12.6 Å². The van der Waals surface area contributed by atoms with Gasteiger partial charge in [0.25, 0.3) is 5.91 Å². The summed E-state index contributed by atoms with van der Waals surface area (Å²) in [6, 6.07) is 11.3. The van der Waals surface area contributed by atoms with Gasteiger partial charge in [-0.05, 0) is 55.2 Å². The van der Waals surface area contributed by atoms with Crippen LogP contribution in [0.3, 0.4) is 0 Å². The number of aromatic nitrogens is 3. The summed E-state index contributed by atoms with van der Waals surface area (Å²) >= 11 is 0. The molecule has 0 bridgehead atoms. The lowest BCUT2D eigenvalue weighted by Gasteiger charge is -2.14. The zero-order chi connectivity index (χ0) is 20.9. The van der Waals surface area contributed by atoms with Crippen LogP contribution < -0.4 is 10.6 Å². The van der Waals surface area contributed by atoms with Crippen LogP contribution in [0, 0.1) is 0 Å². The number of hydrogen-bond acceptors (Lipinski definition) is 5. The quantitative estimate of drug-likeness (QED) is 0.496. The summed E-state index contributed by atoms with van der Waals surface area (Å²) < 4.78 is 1.81. The molecule has 0 radical (unpaired) electrons. The number of imide groups is 1. The van der Waals surface area contributed by atoms with Crippen molar-refractivity contribution in [2.24, 2.45) is 0 Å². The van der Waals surface area contributed by atoms with Gasteiger partial charge in [-0.1, -0.05) is 24.3 Å². The molecule has 2 aliphatic carbocycles. The molecule has 1 saturated heterocycles. The number of aryl methyl sites for hydroxylation is 1. The topological polar surface area (TPSA) is 88.4 Å². The maximum atomic E-state index is 12.0. The summed E-state index contributed by atoms with van der Waals surface area (Å²) in [6.45, 7) is 0. The molecule has 2 amide bonds. The van der Waals surface area contributed by atoms with Gasteiger partial charge in [-0.25, -0.2) is 4.98 Å². The van der Waals surface area contributed by atoms with Crippen molar-refractivity contribution in [3.05, 3.63) is 64.5 Å². The Hall–Kier alpha value is -3.48. The highest BCUT2D eigenvalue weighted by Gasteiger charge is 2.27. The fraction of sp³-hybridized carbons (Fsp3) is 0.333. The van der Waals surface area contributed by atoms with E-state index in [1.54, 1.807) is 12.3 Å². The average Bonchev–Trinajstić information content (AvgIpc) is 3.20. The molecule has 31 heavy (non-hydrogen) atoms. The lowest BCUT2D eigenvalue weighted by molar-refractivity contribution is -0.124. The van der Waals surface area contributed by atoms with Crippen molar-refractivity contribution in [1.29, 1.82) is 0 Å². The Labute approximate surface area is 179 Å². The Bertz CT molecular complexity index is 1250. The molecular formula is C24H23N5O2. The van der Waals surface area contributed by atoms with Crippen LogP contribution in [0.4, 0.5) is 5.82 Å². The molecule has 7 nitrogen and oxygen atoms in total. The summed E-state index contributed by atoms with van der Waals surface area (Å²) in [7, 11) is 0. The van der Waals surface area contributed by atoms with Crippen molar-refractivity contribution in [3.63, 3.8) is 0 Å². The van der Waals surface area contributed by atoms with E-state index in [9.17, 15) is 9.59 Å². The van der Waals surface area contributed by atoms with E-state index in [0.717, 1.165) is 49.2 Å².